The van der Waals surface area contributed by atoms with Crippen LogP contribution in [0.4, 0.5) is 0 Å². The molecule has 0 saturated heterocycles. The molecule has 0 spiro atoms. The summed E-state index contributed by atoms with van der Waals surface area (Å²) in [6.45, 7) is 1.70. The van der Waals surface area contributed by atoms with Crippen LogP contribution in [0.3, 0.4) is 0 Å². The lowest BCUT2D eigenvalue weighted by Gasteiger charge is -2.28. The van der Waals surface area contributed by atoms with E-state index in [2.05, 4.69) is 5.32 Å². The monoisotopic (exact) mass is 200 g/mol. The summed E-state index contributed by atoms with van der Waals surface area (Å²) >= 11 is 0. The molecule has 1 atom stereocenters. The van der Waals surface area contributed by atoms with Crippen LogP contribution in [0.5, 0.6) is 0 Å². The van der Waals surface area contributed by atoms with Crippen molar-refractivity contribution >= 4 is 5.91 Å². The molecule has 0 aromatic rings. The van der Waals surface area contributed by atoms with E-state index in [4.69, 9.17) is 10.5 Å². The molecular weight excluding hydrogens is 180 g/mol. The van der Waals surface area contributed by atoms with Crippen LogP contribution in [-0.4, -0.2) is 31.2 Å². The first kappa shape index (κ1) is 11.5. The molecule has 1 amide bonds. The van der Waals surface area contributed by atoms with Crippen LogP contribution < -0.4 is 11.1 Å². The molecular formula is C10H20N2O2. The summed E-state index contributed by atoms with van der Waals surface area (Å²) in [7, 11) is 1.74. The minimum atomic E-state index is -0.407. The molecule has 0 radical (unpaired) electrons. The maximum Gasteiger partial charge on any atom is 0.236 e. The van der Waals surface area contributed by atoms with Gasteiger partial charge in [0.15, 0.2) is 0 Å². The highest BCUT2D eigenvalue weighted by molar-refractivity contribution is 5.81. The third kappa shape index (κ3) is 3.27. The predicted molar refractivity (Wildman–Crippen MR) is 54.8 cm³/mol. The molecule has 1 fully saturated rings. The van der Waals surface area contributed by atoms with E-state index in [0.717, 1.165) is 25.7 Å². The van der Waals surface area contributed by atoms with Gasteiger partial charge in [0.2, 0.25) is 5.91 Å². The summed E-state index contributed by atoms with van der Waals surface area (Å²) in [6.07, 6.45) is 4.42. The number of ether oxygens (including phenoxy) is 1. The highest BCUT2D eigenvalue weighted by atomic mass is 16.5. The minimum Gasteiger partial charge on any atom is -0.381 e. The van der Waals surface area contributed by atoms with Crippen LogP contribution in [0.25, 0.3) is 0 Å². The number of carbonyl (C=O) groups excluding carboxylic acids is 1. The van der Waals surface area contributed by atoms with Crippen LogP contribution in [0.15, 0.2) is 0 Å². The smallest absolute Gasteiger partial charge is 0.236 e. The number of nitrogens with two attached hydrogens (primary N) is 1. The molecule has 1 saturated carbocycles. The fraction of sp³-hybridized carbons (Fsp3) is 0.900. The van der Waals surface area contributed by atoms with Gasteiger partial charge in [0, 0.05) is 13.2 Å². The van der Waals surface area contributed by atoms with Crippen molar-refractivity contribution in [3.8, 4) is 0 Å². The van der Waals surface area contributed by atoms with Gasteiger partial charge in [-0.2, -0.15) is 0 Å². The Kier molecular flexibility index (Phi) is 4.35. The molecule has 4 heteroatoms. The standard InChI is InChI=1S/C10H20N2O2/c1-7(11)10(13)12-8-3-5-9(14-2)6-4-8/h7-9H,3-6,11H2,1-2H3,(H,12,13). The van der Waals surface area contributed by atoms with Crippen LogP contribution in [-0.2, 0) is 9.53 Å². The molecule has 3 N–H and O–H groups in total. The van der Waals surface area contributed by atoms with E-state index in [0.29, 0.717) is 12.1 Å². The summed E-state index contributed by atoms with van der Waals surface area (Å²) in [5, 5.41) is 2.94. The Morgan fingerprint density at radius 2 is 2.00 bits per heavy atom. The largest absolute Gasteiger partial charge is 0.381 e. The van der Waals surface area contributed by atoms with Gasteiger partial charge in [0.05, 0.1) is 12.1 Å². The number of rotatable bonds is 3. The third-order valence-electron chi connectivity index (χ3n) is 2.77. The van der Waals surface area contributed by atoms with Crippen molar-refractivity contribution in [3.63, 3.8) is 0 Å². The van der Waals surface area contributed by atoms with Crippen molar-refractivity contribution in [1.82, 2.24) is 5.32 Å². The average Bonchev–Trinajstić information content (AvgIpc) is 2.19. The van der Waals surface area contributed by atoms with E-state index in [1.165, 1.54) is 0 Å². The maximum absolute atomic E-state index is 11.3. The quantitative estimate of drug-likeness (QED) is 0.693. The Balaban J connectivity index is 2.25. The number of hydrogen-bond donors (Lipinski definition) is 2. The van der Waals surface area contributed by atoms with Gasteiger partial charge in [-0.1, -0.05) is 0 Å². The van der Waals surface area contributed by atoms with E-state index in [-0.39, 0.29) is 5.91 Å². The maximum atomic E-state index is 11.3. The molecule has 1 rings (SSSR count). The van der Waals surface area contributed by atoms with Crippen molar-refractivity contribution in [2.24, 2.45) is 5.73 Å². The molecule has 1 unspecified atom stereocenters. The molecule has 1 aliphatic rings. The topological polar surface area (TPSA) is 64.3 Å². The van der Waals surface area contributed by atoms with Crippen molar-refractivity contribution in [2.75, 3.05) is 7.11 Å². The third-order valence-corrected chi connectivity index (χ3v) is 2.77. The fourth-order valence-electron chi connectivity index (χ4n) is 1.78. The number of nitrogens with one attached hydrogen (secondary N) is 1. The molecule has 0 heterocycles. The van der Waals surface area contributed by atoms with Crippen molar-refractivity contribution in [1.29, 1.82) is 0 Å². The first-order valence-electron chi connectivity index (χ1n) is 5.22. The van der Waals surface area contributed by atoms with E-state index < -0.39 is 6.04 Å². The van der Waals surface area contributed by atoms with Gasteiger partial charge in [-0.25, -0.2) is 0 Å². The van der Waals surface area contributed by atoms with E-state index >= 15 is 0 Å². The molecule has 82 valence electrons. The normalized spacial score (nSPS) is 29.6. The summed E-state index contributed by atoms with van der Waals surface area (Å²) in [5.41, 5.74) is 5.47. The van der Waals surface area contributed by atoms with Gasteiger partial charge in [-0.05, 0) is 32.6 Å². The van der Waals surface area contributed by atoms with Crippen LogP contribution in [0, 0.1) is 0 Å². The molecule has 0 aromatic heterocycles. The molecule has 1 aliphatic carbocycles. The highest BCUT2D eigenvalue weighted by Crippen LogP contribution is 2.20. The number of carbonyl (C=O) groups is 1. The Morgan fingerprint density at radius 3 is 2.43 bits per heavy atom. The number of methoxy groups -OCH3 is 1. The lowest BCUT2D eigenvalue weighted by atomic mass is 9.93. The van der Waals surface area contributed by atoms with E-state index in [1.54, 1.807) is 14.0 Å². The Morgan fingerprint density at radius 1 is 1.43 bits per heavy atom. The van der Waals surface area contributed by atoms with Crippen LogP contribution in [0.1, 0.15) is 32.6 Å². The van der Waals surface area contributed by atoms with Crippen LogP contribution in [0.2, 0.25) is 0 Å². The van der Waals surface area contributed by atoms with Gasteiger partial charge in [-0.3, -0.25) is 4.79 Å². The summed E-state index contributed by atoms with van der Waals surface area (Å²) in [6, 6.07) is -0.116. The molecule has 0 aliphatic heterocycles. The van der Waals surface area contributed by atoms with E-state index in [9.17, 15) is 4.79 Å². The Bertz CT molecular complexity index is 187. The van der Waals surface area contributed by atoms with Crippen molar-refractivity contribution in [2.45, 2.75) is 50.8 Å². The van der Waals surface area contributed by atoms with Gasteiger partial charge in [0.1, 0.15) is 0 Å². The van der Waals surface area contributed by atoms with Crippen LogP contribution >= 0.6 is 0 Å². The van der Waals surface area contributed by atoms with Gasteiger partial charge < -0.3 is 15.8 Å². The SMILES string of the molecule is COC1CCC(NC(=O)C(C)N)CC1. The van der Waals surface area contributed by atoms with Gasteiger partial charge in [-0.15, -0.1) is 0 Å². The second-order valence-corrected chi connectivity index (χ2v) is 4.01. The Hall–Kier alpha value is -0.610. The van der Waals surface area contributed by atoms with Crippen molar-refractivity contribution < 1.29 is 9.53 Å². The van der Waals surface area contributed by atoms with Gasteiger partial charge in [0.25, 0.3) is 0 Å². The van der Waals surface area contributed by atoms with Crippen molar-refractivity contribution in [3.05, 3.63) is 0 Å². The summed E-state index contributed by atoms with van der Waals surface area (Å²) in [4.78, 5) is 11.3. The predicted octanol–water partition coefficient (Wildman–Crippen LogP) is 0.407. The fourth-order valence-corrected chi connectivity index (χ4v) is 1.78. The molecule has 4 nitrogen and oxygen atoms in total. The Labute approximate surface area is 85.2 Å². The second-order valence-electron chi connectivity index (χ2n) is 4.01. The number of hydrogen-bond acceptors (Lipinski definition) is 3. The number of amides is 1. The van der Waals surface area contributed by atoms with Gasteiger partial charge >= 0.3 is 0 Å². The molecule has 0 aromatic carbocycles. The zero-order chi connectivity index (χ0) is 10.6. The first-order chi connectivity index (χ1) is 6.63. The highest BCUT2D eigenvalue weighted by Gasteiger charge is 2.22. The average molecular weight is 200 g/mol. The molecule has 14 heavy (non-hydrogen) atoms. The lowest BCUT2D eigenvalue weighted by Crippen LogP contribution is -2.45. The van der Waals surface area contributed by atoms with E-state index in [1.807, 2.05) is 0 Å². The zero-order valence-corrected chi connectivity index (χ0v) is 8.95. The summed E-state index contributed by atoms with van der Waals surface area (Å²) < 4.78 is 5.25. The summed E-state index contributed by atoms with van der Waals surface area (Å²) in [5.74, 6) is -0.0501. The minimum absolute atomic E-state index is 0.0501. The second kappa shape index (κ2) is 5.32. The molecule has 0 bridgehead atoms. The zero-order valence-electron chi connectivity index (χ0n) is 8.95. The first-order valence-corrected chi connectivity index (χ1v) is 5.22. The lowest BCUT2D eigenvalue weighted by molar-refractivity contribution is -0.123.